The van der Waals surface area contributed by atoms with Crippen molar-refractivity contribution >= 4 is 0 Å². The van der Waals surface area contributed by atoms with Crippen LogP contribution in [0.25, 0.3) is 0 Å². The van der Waals surface area contributed by atoms with Crippen LogP contribution >= 0.6 is 0 Å². The Labute approximate surface area is 105 Å². The van der Waals surface area contributed by atoms with Gasteiger partial charge in [-0.05, 0) is 55.2 Å². The van der Waals surface area contributed by atoms with Crippen LogP contribution in [-0.4, -0.2) is 6.54 Å². The third-order valence-electron chi connectivity index (χ3n) is 4.30. The zero-order valence-electron chi connectivity index (χ0n) is 11.0. The molecule has 0 radical (unpaired) electrons. The molecule has 0 amide bonds. The van der Waals surface area contributed by atoms with Crippen molar-refractivity contribution in [3.63, 3.8) is 0 Å². The Morgan fingerprint density at radius 3 is 2.18 bits per heavy atom. The molecule has 2 unspecified atom stereocenters. The smallest absolute Gasteiger partial charge is 0.00461 e. The molecule has 0 saturated heterocycles. The minimum absolute atomic E-state index is 0.759. The zero-order chi connectivity index (χ0) is 12.1. The number of hydrogen-bond acceptors (Lipinski definition) is 1. The zero-order valence-corrected chi connectivity index (χ0v) is 11.0. The standard InChI is InChI=1S/C16H25N/c1-2-13-7-9-14(10-8-13)11-15-5-3-4-6-16(15)12-17/h7-10,15-16H,2-6,11-12,17H2,1H3. The molecular formula is C16H25N. The molecule has 1 aliphatic carbocycles. The van der Waals surface area contributed by atoms with Crippen LogP contribution in [-0.2, 0) is 12.8 Å². The second-order valence-electron chi connectivity index (χ2n) is 5.41. The Balaban J connectivity index is 1.98. The van der Waals surface area contributed by atoms with Gasteiger partial charge in [-0.3, -0.25) is 0 Å². The van der Waals surface area contributed by atoms with Gasteiger partial charge in [0.1, 0.15) is 0 Å². The molecule has 1 aliphatic rings. The van der Waals surface area contributed by atoms with Gasteiger partial charge in [0.15, 0.2) is 0 Å². The molecule has 0 bridgehead atoms. The first-order valence-electron chi connectivity index (χ1n) is 7.11. The van der Waals surface area contributed by atoms with Crippen molar-refractivity contribution in [2.45, 2.75) is 45.4 Å². The van der Waals surface area contributed by atoms with Gasteiger partial charge >= 0.3 is 0 Å². The van der Waals surface area contributed by atoms with Gasteiger partial charge in [0, 0.05) is 0 Å². The average Bonchev–Trinajstić information content (AvgIpc) is 2.40. The molecule has 2 atom stereocenters. The molecule has 1 fully saturated rings. The Bertz CT molecular complexity index is 328. The van der Waals surface area contributed by atoms with Crippen LogP contribution in [0.2, 0.25) is 0 Å². The van der Waals surface area contributed by atoms with Gasteiger partial charge in [-0.25, -0.2) is 0 Å². The lowest BCUT2D eigenvalue weighted by Crippen LogP contribution is -2.28. The van der Waals surface area contributed by atoms with E-state index in [9.17, 15) is 0 Å². The summed E-state index contributed by atoms with van der Waals surface area (Å²) >= 11 is 0. The number of hydrogen-bond donors (Lipinski definition) is 1. The van der Waals surface area contributed by atoms with E-state index in [4.69, 9.17) is 5.73 Å². The van der Waals surface area contributed by atoms with Crippen molar-refractivity contribution in [1.29, 1.82) is 0 Å². The molecule has 1 aromatic rings. The van der Waals surface area contributed by atoms with E-state index >= 15 is 0 Å². The predicted octanol–water partition coefficient (Wildman–Crippen LogP) is 3.56. The van der Waals surface area contributed by atoms with E-state index in [0.29, 0.717) is 0 Å². The molecule has 0 aliphatic heterocycles. The topological polar surface area (TPSA) is 26.0 Å². The molecule has 1 saturated carbocycles. The number of benzene rings is 1. The van der Waals surface area contributed by atoms with Crippen LogP contribution in [0.4, 0.5) is 0 Å². The molecule has 2 N–H and O–H groups in total. The fourth-order valence-electron chi connectivity index (χ4n) is 3.08. The van der Waals surface area contributed by atoms with Crippen LogP contribution < -0.4 is 5.73 Å². The minimum atomic E-state index is 0.759. The summed E-state index contributed by atoms with van der Waals surface area (Å²) in [7, 11) is 0. The first kappa shape index (κ1) is 12.6. The van der Waals surface area contributed by atoms with Gasteiger partial charge in [0.2, 0.25) is 0 Å². The van der Waals surface area contributed by atoms with E-state index in [1.54, 1.807) is 0 Å². The Morgan fingerprint density at radius 2 is 1.59 bits per heavy atom. The maximum absolute atomic E-state index is 5.89. The summed E-state index contributed by atoms with van der Waals surface area (Å²) in [4.78, 5) is 0. The third-order valence-corrected chi connectivity index (χ3v) is 4.30. The van der Waals surface area contributed by atoms with Crippen molar-refractivity contribution in [2.75, 3.05) is 6.54 Å². The monoisotopic (exact) mass is 231 g/mol. The second kappa shape index (κ2) is 6.20. The summed E-state index contributed by atoms with van der Waals surface area (Å²) in [6.07, 6.45) is 7.86. The highest BCUT2D eigenvalue weighted by atomic mass is 14.6. The van der Waals surface area contributed by atoms with Gasteiger partial charge in [0.25, 0.3) is 0 Å². The Morgan fingerprint density at radius 1 is 1.00 bits per heavy atom. The van der Waals surface area contributed by atoms with Crippen LogP contribution in [0.1, 0.15) is 43.7 Å². The molecule has 0 aromatic heterocycles. The van der Waals surface area contributed by atoms with Gasteiger partial charge in [-0.2, -0.15) is 0 Å². The molecule has 0 spiro atoms. The SMILES string of the molecule is CCc1ccc(CC2CCCCC2CN)cc1. The Kier molecular flexibility index (Phi) is 4.61. The van der Waals surface area contributed by atoms with Crippen molar-refractivity contribution in [3.05, 3.63) is 35.4 Å². The summed E-state index contributed by atoms with van der Waals surface area (Å²) in [6, 6.07) is 9.16. The highest BCUT2D eigenvalue weighted by molar-refractivity contribution is 5.23. The van der Waals surface area contributed by atoms with Gasteiger partial charge in [-0.15, -0.1) is 0 Å². The molecular weight excluding hydrogens is 206 g/mol. The molecule has 1 aromatic carbocycles. The van der Waals surface area contributed by atoms with E-state index < -0.39 is 0 Å². The fraction of sp³-hybridized carbons (Fsp3) is 0.625. The van der Waals surface area contributed by atoms with Crippen molar-refractivity contribution in [1.82, 2.24) is 0 Å². The van der Waals surface area contributed by atoms with E-state index in [1.807, 2.05) is 0 Å². The average molecular weight is 231 g/mol. The largest absolute Gasteiger partial charge is 0.330 e. The summed E-state index contributed by atoms with van der Waals surface area (Å²) in [5.41, 5.74) is 8.82. The van der Waals surface area contributed by atoms with Crippen molar-refractivity contribution in [3.8, 4) is 0 Å². The normalized spacial score (nSPS) is 24.8. The summed E-state index contributed by atoms with van der Waals surface area (Å²) < 4.78 is 0. The van der Waals surface area contributed by atoms with Gasteiger partial charge in [0.05, 0.1) is 0 Å². The molecule has 94 valence electrons. The van der Waals surface area contributed by atoms with Crippen molar-refractivity contribution in [2.24, 2.45) is 17.6 Å². The predicted molar refractivity (Wildman–Crippen MR) is 74.0 cm³/mol. The fourth-order valence-corrected chi connectivity index (χ4v) is 3.08. The van der Waals surface area contributed by atoms with Crippen LogP contribution in [0, 0.1) is 11.8 Å². The third kappa shape index (κ3) is 3.32. The summed E-state index contributed by atoms with van der Waals surface area (Å²) in [5.74, 6) is 1.58. The first-order chi connectivity index (χ1) is 8.33. The second-order valence-corrected chi connectivity index (χ2v) is 5.41. The summed E-state index contributed by atoms with van der Waals surface area (Å²) in [5, 5.41) is 0. The van der Waals surface area contributed by atoms with Crippen LogP contribution in [0.3, 0.4) is 0 Å². The van der Waals surface area contributed by atoms with Gasteiger partial charge in [-0.1, -0.05) is 44.0 Å². The number of nitrogens with two attached hydrogens (primary N) is 1. The number of rotatable bonds is 4. The molecule has 2 rings (SSSR count). The molecule has 17 heavy (non-hydrogen) atoms. The maximum Gasteiger partial charge on any atom is -0.00461 e. The van der Waals surface area contributed by atoms with Crippen LogP contribution in [0.5, 0.6) is 0 Å². The minimum Gasteiger partial charge on any atom is -0.330 e. The van der Waals surface area contributed by atoms with E-state index in [2.05, 4.69) is 31.2 Å². The quantitative estimate of drug-likeness (QED) is 0.842. The van der Waals surface area contributed by atoms with Crippen LogP contribution in [0.15, 0.2) is 24.3 Å². The molecule has 1 nitrogen and oxygen atoms in total. The van der Waals surface area contributed by atoms with Gasteiger partial charge < -0.3 is 5.73 Å². The summed E-state index contributed by atoms with van der Waals surface area (Å²) in [6.45, 7) is 3.08. The van der Waals surface area contributed by atoms with E-state index in [-0.39, 0.29) is 0 Å². The van der Waals surface area contributed by atoms with E-state index in [1.165, 1.54) is 43.2 Å². The lowest BCUT2D eigenvalue weighted by atomic mass is 9.76. The lowest BCUT2D eigenvalue weighted by Gasteiger charge is -2.30. The highest BCUT2D eigenvalue weighted by Gasteiger charge is 2.23. The molecule has 0 heterocycles. The molecule has 1 heteroatoms. The highest BCUT2D eigenvalue weighted by Crippen LogP contribution is 2.31. The maximum atomic E-state index is 5.89. The van der Waals surface area contributed by atoms with Crippen molar-refractivity contribution < 1.29 is 0 Å². The lowest BCUT2D eigenvalue weighted by molar-refractivity contribution is 0.242. The Hall–Kier alpha value is -0.820. The number of aryl methyl sites for hydroxylation is 1. The first-order valence-corrected chi connectivity index (χ1v) is 7.11. The van der Waals surface area contributed by atoms with E-state index in [0.717, 1.165) is 24.8 Å².